The summed E-state index contributed by atoms with van der Waals surface area (Å²) in [6.07, 6.45) is 3.40. The zero-order valence-electron chi connectivity index (χ0n) is 7.10. The number of ether oxygens (including phenoxy) is 1. The van der Waals surface area contributed by atoms with E-state index >= 15 is 0 Å². The Morgan fingerprint density at radius 2 is 2.46 bits per heavy atom. The van der Waals surface area contributed by atoms with E-state index < -0.39 is 12.1 Å². The highest BCUT2D eigenvalue weighted by molar-refractivity contribution is 5.51. The average molecular weight is 183 g/mol. The molecule has 70 valence electrons. The molecule has 1 rings (SSSR count). The zero-order valence-corrected chi connectivity index (χ0v) is 7.10. The number of allylic oxidation sites excluding steroid dienone is 1. The van der Waals surface area contributed by atoms with Gasteiger partial charge in [0.05, 0.1) is 0 Å². The van der Waals surface area contributed by atoms with Crippen LogP contribution in [-0.4, -0.2) is 18.4 Å². The van der Waals surface area contributed by atoms with Crippen LogP contribution in [0.2, 0.25) is 0 Å². The number of hydrogen-bond donors (Lipinski definition) is 0. The van der Waals surface area contributed by atoms with Gasteiger partial charge in [0.1, 0.15) is 12.4 Å². The Kier molecular flexibility index (Phi) is 3.14. The van der Waals surface area contributed by atoms with Crippen molar-refractivity contribution in [2.45, 2.75) is 25.4 Å². The van der Waals surface area contributed by atoms with Crippen molar-refractivity contribution in [1.82, 2.24) is 0 Å². The van der Waals surface area contributed by atoms with Crippen LogP contribution in [0.1, 0.15) is 13.3 Å². The summed E-state index contributed by atoms with van der Waals surface area (Å²) in [5.74, 6) is -1.35. The molecule has 0 radical (unpaired) electrons. The summed E-state index contributed by atoms with van der Waals surface area (Å²) in [7, 11) is 0. The Bertz CT molecular complexity index is 257. The summed E-state index contributed by atoms with van der Waals surface area (Å²) in [6.45, 7) is 1.45. The first-order valence-corrected chi connectivity index (χ1v) is 3.74. The van der Waals surface area contributed by atoms with Crippen molar-refractivity contribution < 1.29 is 19.3 Å². The molecule has 2 unspecified atom stereocenters. The molecular weight excluding hydrogens is 174 g/mol. The average Bonchev–Trinajstić information content (AvgIpc) is 2.50. The molecule has 0 aliphatic carbocycles. The van der Waals surface area contributed by atoms with E-state index in [9.17, 15) is 4.79 Å². The molecule has 5 heteroatoms. The molecule has 0 amide bonds. The molecule has 0 bridgehead atoms. The van der Waals surface area contributed by atoms with Gasteiger partial charge in [-0.15, -0.1) is 0 Å². The third-order valence-corrected chi connectivity index (χ3v) is 1.37. The first-order valence-electron chi connectivity index (χ1n) is 3.74. The van der Waals surface area contributed by atoms with Crippen molar-refractivity contribution in [3.63, 3.8) is 0 Å². The van der Waals surface area contributed by atoms with E-state index in [1.165, 1.54) is 13.0 Å². The molecular formula is C8H9NO4. The van der Waals surface area contributed by atoms with E-state index in [1.54, 1.807) is 12.1 Å². The van der Waals surface area contributed by atoms with Crippen molar-refractivity contribution in [3.05, 3.63) is 12.2 Å². The molecule has 2 atom stereocenters. The SMILES string of the molecule is CC1(C#N)OOC(/C=C\CC=O)O1. The van der Waals surface area contributed by atoms with Gasteiger partial charge in [-0.3, -0.25) is 4.74 Å². The fraction of sp³-hybridized carbons (Fsp3) is 0.500. The number of carbonyl (C=O) groups excluding carboxylic acids is 1. The van der Waals surface area contributed by atoms with E-state index in [-0.39, 0.29) is 6.42 Å². The van der Waals surface area contributed by atoms with Crippen LogP contribution in [0.5, 0.6) is 0 Å². The van der Waals surface area contributed by atoms with Crippen LogP contribution in [0.25, 0.3) is 0 Å². The lowest BCUT2D eigenvalue weighted by atomic mass is 10.3. The van der Waals surface area contributed by atoms with E-state index in [0.717, 1.165) is 6.29 Å². The molecule has 1 heterocycles. The number of aldehydes is 1. The van der Waals surface area contributed by atoms with Gasteiger partial charge in [0.15, 0.2) is 0 Å². The minimum absolute atomic E-state index is 0.284. The number of nitrogens with zero attached hydrogens (tertiary/aromatic N) is 1. The summed E-state index contributed by atoms with van der Waals surface area (Å²) in [5.41, 5.74) is 0. The second kappa shape index (κ2) is 4.14. The van der Waals surface area contributed by atoms with Gasteiger partial charge < -0.3 is 4.79 Å². The van der Waals surface area contributed by atoms with E-state index in [4.69, 9.17) is 10.00 Å². The first kappa shape index (κ1) is 9.86. The first-order chi connectivity index (χ1) is 6.20. The summed E-state index contributed by atoms with van der Waals surface area (Å²) < 4.78 is 5.04. The van der Waals surface area contributed by atoms with E-state index in [0.29, 0.717) is 0 Å². The smallest absolute Gasteiger partial charge is 0.289 e. The third-order valence-electron chi connectivity index (χ3n) is 1.37. The maximum absolute atomic E-state index is 9.95. The van der Waals surface area contributed by atoms with Gasteiger partial charge in [0, 0.05) is 13.3 Å². The molecule has 0 N–H and O–H groups in total. The maximum atomic E-state index is 9.95. The minimum atomic E-state index is -1.35. The summed E-state index contributed by atoms with van der Waals surface area (Å²) in [6, 6.07) is 1.79. The molecule has 0 spiro atoms. The Morgan fingerprint density at radius 3 is 3.00 bits per heavy atom. The fourth-order valence-corrected chi connectivity index (χ4v) is 0.762. The normalized spacial score (nSPS) is 33.4. The van der Waals surface area contributed by atoms with E-state index in [1.807, 2.05) is 0 Å². The number of carbonyl (C=O) groups is 1. The topological polar surface area (TPSA) is 68.5 Å². The molecule has 13 heavy (non-hydrogen) atoms. The summed E-state index contributed by atoms with van der Waals surface area (Å²) >= 11 is 0. The van der Waals surface area contributed by atoms with Crippen LogP contribution in [0.3, 0.4) is 0 Å². The van der Waals surface area contributed by atoms with Crippen LogP contribution >= 0.6 is 0 Å². The van der Waals surface area contributed by atoms with Crippen LogP contribution < -0.4 is 0 Å². The highest BCUT2D eigenvalue weighted by Gasteiger charge is 2.38. The van der Waals surface area contributed by atoms with Crippen LogP contribution in [0.15, 0.2) is 12.2 Å². The van der Waals surface area contributed by atoms with Crippen molar-refractivity contribution in [2.75, 3.05) is 0 Å². The lowest BCUT2D eigenvalue weighted by Gasteiger charge is -2.07. The quantitative estimate of drug-likeness (QED) is 0.365. The van der Waals surface area contributed by atoms with Gasteiger partial charge >= 0.3 is 0 Å². The molecule has 1 saturated heterocycles. The highest BCUT2D eigenvalue weighted by atomic mass is 17.3. The zero-order chi connectivity index (χ0) is 9.73. The van der Waals surface area contributed by atoms with Gasteiger partial charge in [-0.2, -0.15) is 15.0 Å². The van der Waals surface area contributed by atoms with E-state index in [2.05, 4.69) is 9.78 Å². The van der Waals surface area contributed by atoms with Crippen molar-refractivity contribution >= 4 is 6.29 Å². The third kappa shape index (κ3) is 2.63. The molecule has 5 nitrogen and oxygen atoms in total. The predicted molar refractivity (Wildman–Crippen MR) is 40.9 cm³/mol. The van der Waals surface area contributed by atoms with Crippen molar-refractivity contribution in [3.8, 4) is 6.07 Å². The van der Waals surface area contributed by atoms with Crippen LogP contribution in [0, 0.1) is 11.3 Å². The fourth-order valence-electron chi connectivity index (χ4n) is 0.762. The minimum Gasteiger partial charge on any atom is -0.303 e. The van der Waals surface area contributed by atoms with Gasteiger partial charge in [-0.05, 0) is 6.08 Å². The lowest BCUT2D eigenvalue weighted by molar-refractivity contribution is -0.305. The molecule has 0 saturated carbocycles. The maximum Gasteiger partial charge on any atom is 0.289 e. The van der Waals surface area contributed by atoms with Crippen molar-refractivity contribution in [2.24, 2.45) is 0 Å². The van der Waals surface area contributed by atoms with Gasteiger partial charge in [-0.1, -0.05) is 6.08 Å². The summed E-state index contributed by atoms with van der Waals surface area (Å²) in [4.78, 5) is 19.2. The van der Waals surface area contributed by atoms with Crippen LogP contribution in [-0.2, 0) is 19.3 Å². The highest BCUT2D eigenvalue weighted by Crippen LogP contribution is 2.24. The number of hydrogen-bond acceptors (Lipinski definition) is 5. The van der Waals surface area contributed by atoms with Crippen molar-refractivity contribution in [1.29, 1.82) is 5.26 Å². The molecule has 0 aromatic heterocycles. The monoisotopic (exact) mass is 183 g/mol. The molecule has 0 aromatic carbocycles. The predicted octanol–water partition coefficient (Wildman–Crippen LogP) is 0.676. The Hall–Kier alpha value is -1.22. The number of nitriles is 1. The largest absolute Gasteiger partial charge is 0.303 e. The molecule has 1 aliphatic heterocycles. The second-order valence-corrected chi connectivity index (χ2v) is 2.55. The van der Waals surface area contributed by atoms with Crippen LogP contribution in [0.4, 0.5) is 0 Å². The molecule has 0 aromatic rings. The van der Waals surface area contributed by atoms with Gasteiger partial charge in [-0.25, -0.2) is 0 Å². The summed E-state index contributed by atoms with van der Waals surface area (Å²) in [5, 5.41) is 8.55. The number of rotatable bonds is 3. The van der Waals surface area contributed by atoms with Gasteiger partial charge in [0.2, 0.25) is 6.29 Å². The molecule has 1 fully saturated rings. The second-order valence-electron chi connectivity index (χ2n) is 2.55. The molecule has 1 aliphatic rings. The Balaban J connectivity index is 2.42. The lowest BCUT2D eigenvalue weighted by Crippen LogP contribution is -2.23. The Morgan fingerprint density at radius 1 is 1.69 bits per heavy atom. The van der Waals surface area contributed by atoms with Gasteiger partial charge in [0.25, 0.3) is 5.79 Å². The standard InChI is InChI=1S/C8H9NO4/c1-8(6-9)11-7(12-13-8)4-2-3-5-10/h2,4-5,7H,3H2,1H3/b4-2-. The Labute approximate surface area is 75.4 Å².